The Bertz CT molecular complexity index is 290. The molecule has 2 nitrogen and oxygen atoms in total. The highest BCUT2D eigenvalue weighted by atomic mass is 16.6. The summed E-state index contributed by atoms with van der Waals surface area (Å²) in [6.45, 7) is 2.95. The first-order valence-corrected chi connectivity index (χ1v) is 4.07. The quantitative estimate of drug-likeness (QED) is 0.624. The number of hydrogen-bond acceptors (Lipinski definition) is 2. The van der Waals surface area contributed by atoms with Gasteiger partial charge in [-0.1, -0.05) is 6.07 Å². The smallest absolute Gasteiger partial charge is 0.119 e. The zero-order chi connectivity index (χ0) is 8.55. The van der Waals surface area contributed by atoms with Gasteiger partial charge in [0.25, 0.3) is 0 Å². The largest absolute Gasteiger partial charge is 0.497 e. The van der Waals surface area contributed by atoms with Gasteiger partial charge >= 0.3 is 0 Å². The molecule has 0 saturated carbocycles. The van der Waals surface area contributed by atoms with Gasteiger partial charge in [0.2, 0.25) is 0 Å². The molecule has 1 aliphatic rings. The molecule has 0 bridgehead atoms. The molecule has 0 radical (unpaired) electrons. The van der Waals surface area contributed by atoms with Crippen LogP contribution in [-0.2, 0) is 4.74 Å². The van der Waals surface area contributed by atoms with E-state index in [-0.39, 0.29) is 0 Å². The Balaban J connectivity index is 2.32. The van der Waals surface area contributed by atoms with E-state index in [4.69, 9.17) is 9.47 Å². The summed E-state index contributed by atoms with van der Waals surface area (Å²) in [5.41, 5.74) is 2.53. The van der Waals surface area contributed by atoms with Crippen molar-refractivity contribution in [3.05, 3.63) is 29.3 Å². The summed E-state index contributed by atoms with van der Waals surface area (Å²) in [5, 5.41) is 0. The van der Waals surface area contributed by atoms with E-state index in [0.29, 0.717) is 6.10 Å². The Morgan fingerprint density at radius 1 is 1.50 bits per heavy atom. The fourth-order valence-corrected chi connectivity index (χ4v) is 1.36. The molecule has 2 rings (SSSR count). The summed E-state index contributed by atoms with van der Waals surface area (Å²) >= 11 is 0. The third-order valence-electron chi connectivity index (χ3n) is 2.16. The monoisotopic (exact) mass is 164 g/mol. The van der Waals surface area contributed by atoms with Crippen molar-refractivity contribution >= 4 is 0 Å². The van der Waals surface area contributed by atoms with Crippen LogP contribution in [0.3, 0.4) is 0 Å². The van der Waals surface area contributed by atoms with E-state index in [2.05, 4.69) is 13.0 Å². The lowest BCUT2D eigenvalue weighted by molar-refractivity contribution is 0.408. The molecule has 1 atom stereocenters. The number of methoxy groups -OCH3 is 1. The summed E-state index contributed by atoms with van der Waals surface area (Å²) in [7, 11) is 1.68. The van der Waals surface area contributed by atoms with Crippen molar-refractivity contribution in [3.63, 3.8) is 0 Å². The molecule has 1 aromatic carbocycles. The molecule has 1 heterocycles. The third-order valence-corrected chi connectivity index (χ3v) is 2.16. The first-order valence-electron chi connectivity index (χ1n) is 4.07. The molecule has 1 fully saturated rings. The second-order valence-corrected chi connectivity index (χ2v) is 3.04. The summed E-state index contributed by atoms with van der Waals surface area (Å²) in [6, 6.07) is 6.09. The fraction of sp³-hybridized carbons (Fsp3) is 0.400. The molecule has 2 heteroatoms. The van der Waals surface area contributed by atoms with Crippen LogP contribution in [0.25, 0.3) is 0 Å². The van der Waals surface area contributed by atoms with Crippen LogP contribution in [0.2, 0.25) is 0 Å². The molecular formula is C10H12O2. The normalized spacial score (nSPS) is 20.7. The third kappa shape index (κ3) is 1.30. The van der Waals surface area contributed by atoms with E-state index in [1.807, 2.05) is 12.1 Å². The van der Waals surface area contributed by atoms with Crippen LogP contribution in [-0.4, -0.2) is 13.7 Å². The fourth-order valence-electron chi connectivity index (χ4n) is 1.36. The minimum atomic E-state index is 0.343. The molecule has 12 heavy (non-hydrogen) atoms. The van der Waals surface area contributed by atoms with Crippen LogP contribution >= 0.6 is 0 Å². The molecule has 1 aromatic rings. The number of benzene rings is 1. The molecule has 0 amide bonds. The summed E-state index contributed by atoms with van der Waals surface area (Å²) in [4.78, 5) is 0. The highest BCUT2D eigenvalue weighted by Crippen LogP contribution is 2.33. The minimum absolute atomic E-state index is 0.343. The zero-order valence-corrected chi connectivity index (χ0v) is 7.33. The number of aryl methyl sites for hydroxylation is 1. The standard InChI is InChI=1S/C10H12O2/c1-7-5-8(11-2)3-4-9(7)10-6-12-10/h3-5,10H,6H2,1-2H3/t10-/m0/s1. The lowest BCUT2D eigenvalue weighted by Crippen LogP contribution is -1.89. The van der Waals surface area contributed by atoms with Gasteiger partial charge in [0, 0.05) is 0 Å². The van der Waals surface area contributed by atoms with Crippen molar-refractivity contribution in [2.75, 3.05) is 13.7 Å². The van der Waals surface area contributed by atoms with Gasteiger partial charge in [-0.3, -0.25) is 0 Å². The Hall–Kier alpha value is -1.02. The van der Waals surface area contributed by atoms with Gasteiger partial charge < -0.3 is 9.47 Å². The lowest BCUT2D eigenvalue weighted by atomic mass is 10.1. The summed E-state index contributed by atoms with van der Waals surface area (Å²) in [5.74, 6) is 0.914. The van der Waals surface area contributed by atoms with Crippen molar-refractivity contribution in [1.29, 1.82) is 0 Å². The van der Waals surface area contributed by atoms with E-state index in [9.17, 15) is 0 Å². The van der Waals surface area contributed by atoms with Crippen LogP contribution in [0.1, 0.15) is 17.2 Å². The molecule has 1 saturated heterocycles. The first kappa shape index (κ1) is 7.62. The predicted molar refractivity (Wildman–Crippen MR) is 46.4 cm³/mol. The highest BCUT2D eigenvalue weighted by molar-refractivity contribution is 5.37. The van der Waals surface area contributed by atoms with Crippen molar-refractivity contribution < 1.29 is 9.47 Å². The minimum Gasteiger partial charge on any atom is -0.497 e. The number of ether oxygens (including phenoxy) is 2. The summed E-state index contributed by atoms with van der Waals surface area (Å²) < 4.78 is 10.3. The maximum atomic E-state index is 5.21. The van der Waals surface area contributed by atoms with E-state index in [1.54, 1.807) is 7.11 Å². The molecule has 0 unspecified atom stereocenters. The van der Waals surface area contributed by atoms with Crippen LogP contribution in [0.15, 0.2) is 18.2 Å². The number of rotatable bonds is 2. The van der Waals surface area contributed by atoms with Crippen molar-refractivity contribution in [2.24, 2.45) is 0 Å². The van der Waals surface area contributed by atoms with Crippen LogP contribution in [0.4, 0.5) is 0 Å². The average Bonchev–Trinajstić information content (AvgIpc) is 2.87. The molecule has 0 aromatic heterocycles. The van der Waals surface area contributed by atoms with Crippen LogP contribution in [0, 0.1) is 6.92 Å². The van der Waals surface area contributed by atoms with Gasteiger partial charge in [0.1, 0.15) is 11.9 Å². The Kier molecular flexibility index (Phi) is 1.77. The van der Waals surface area contributed by atoms with Crippen LogP contribution < -0.4 is 4.74 Å². The second-order valence-electron chi connectivity index (χ2n) is 3.04. The molecule has 0 spiro atoms. The van der Waals surface area contributed by atoms with Gasteiger partial charge in [-0.25, -0.2) is 0 Å². The first-order chi connectivity index (χ1) is 5.81. The van der Waals surface area contributed by atoms with Gasteiger partial charge in [0.15, 0.2) is 0 Å². The topological polar surface area (TPSA) is 21.8 Å². The molecule has 64 valence electrons. The SMILES string of the molecule is COc1ccc([C@@H]2CO2)c(C)c1. The number of hydrogen-bond donors (Lipinski definition) is 0. The lowest BCUT2D eigenvalue weighted by Gasteiger charge is -2.04. The Morgan fingerprint density at radius 3 is 2.75 bits per heavy atom. The van der Waals surface area contributed by atoms with E-state index >= 15 is 0 Å². The maximum absolute atomic E-state index is 5.21. The molecule has 0 aliphatic carbocycles. The van der Waals surface area contributed by atoms with E-state index in [1.165, 1.54) is 11.1 Å². The van der Waals surface area contributed by atoms with Gasteiger partial charge in [0.05, 0.1) is 13.7 Å². The van der Waals surface area contributed by atoms with Crippen molar-refractivity contribution in [1.82, 2.24) is 0 Å². The zero-order valence-electron chi connectivity index (χ0n) is 7.33. The Labute approximate surface area is 72.1 Å². The van der Waals surface area contributed by atoms with Gasteiger partial charge in [-0.05, 0) is 30.2 Å². The van der Waals surface area contributed by atoms with E-state index < -0.39 is 0 Å². The predicted octanol–water partition coefficient (Wildman–Crippen LogP) is 2.07. The molecular weight excluding hydrogens is 152 g/mol. The highest BCUT2D eigenvalue weighted by Gasteiger charge is 2.26. The Morgan fingerprint density at radius 2 is 2.25 bits per heavy atom. The molecule has 1 aliphatic heterocycles. The van der Waals surface area contributed by atoms with E-state index in [0.717, 1.165) is 12.4 Å². The average molecular weight is 164 g/mol. The number of epoxide rings is 1. The van der Waals surface area contributed by atoms with Gasteiger partial charge in [-0.15, -0.1) is 0 Å². The second kappa shape index (κ2) is 2.79. The van der Waals surface area contributed by atoms with Gasteiger partial charge in [-0.2, -0.15) is 0 Å². The summed E-state index contributed by atoms with van der Waals surface area (Å²) in [6.07, 6.45) is 0.343. The van der Waals surface area contributed by atoms with Crippen LogP contribution in [0.5, 0.6) is 5.75 Å². The van der Waals surface area contributed by atoms with Crippen molar-refractivity contribution in [3.8, 4) is 5.75 Å². The molecule has 0 N–H and O–H groups in total. The maximum Gasteiger partial charge on any atom is 0.119 e. The van der Waals surface area contributed by atoms with Crippen molar-refractivity contribution in [2.45, 2.75) is 13.0 Å².